The zero-order valence-electron chi connectivity index (χ0n) is 14.7. The minimum Gasteiger partial charge on any atom is -0.494 e. The van der Waals surface area contributed by atoms with Crippen molar-refractivity contribution >= 4 is 5.91 Å². The summed E-state index contributed by atoms with van der Waals surface area (Å²) in [5, 5.41) is 0. The molecule has 0 saturated heterocycles. The van der Waals surface area contributed by atoms with E-state index in [4.69, 9.17) is 9.47 Å². The summed E-state index contributed by atoms with van der Waals surface area (Å²) in [6.45, 7) is 3.18. The molecular weight excluding hydrogens is 321 g/mol. The molecule has 0 aromatic heterocycles. The average molecular weight is 345 g/mol. The van der Waals surface area contributed by atoms with Crippen molar-refractivity contribution in [2.75, 3.05) is 26.8 Å². The minimum absolute atomic E-state index is 0.0171. The lowest BCUT2D eigenvalue weighted by molar-refractivity contribution is -0.130. The molecular formula is C20H24FNO3. The normalized spacial score (nSPS) is 10.4. The number of nitrogens with zero attached hydrogens (tertiary/aromatic N) is 1. The lowest BCUT2D eigenvalue weighted by Gasteiger charge is -2.18. The largest absolute Gasteiger partial charge is 0.494 e. The first-order valence-corrected chi connectivity index (χ1v) is 8.43. The predicted molar refractivity (Wildman–Crippen MR) is 95.5 cm³/mol. The summed E-state index contributed by atoms with van der Waals surface area (Å²) >= 11 is 0. The van der Waals surface area contributed by atoms with E-state index in [-0.39, 0.29) is 18.3 Å². The van der Waals surface area contributed by atoms with Gasteiger partial charge in [0.1, 0.15) is 12.4 Å². The average Bonchev–Trinajstić information content (AvgIpc) is 2.62. The van der Waals surface area contributed by atoms with Gasteiger partial charge in [-0.05, 0) is 37.1 Å². The fraction of sp³-hybridized carbons (Fsp3) is 0.350. The molecule has 0 heterocycles. The molecule has 4 nitrogen and oxygen atoms in total. The van der Waals surface area contributed by atoms with Gasteiger partial charge < -0.3 is 14.4 Å². The molecule has 25 heavy (non-hydrogen) atoms. The van der Waals surface area contributed by atoms with E-state index in [9.17, 15) is 9.18 Å². The second-order valence-corrected chi connectivity index (χ2v) is 5.63. The highest BCUT2D eigenvalue weighted by Gasteiger charge is 2.11. The number of rotatable bonds is 9. The molecule has 0 bridgehead atoms. The molecule has 2 aromatic carbocycles. The Labute approximate surface area is 148 Å². The van der Waals surface area contributed by atoms with Gasteiger partial charge in [0.25, 0.3) is 0 Å². The van der Waals surface area contributed by atoms with Crippen LogP contribution in [-0.2, 0) is 11.2 Å². The lowest BCUT2D eigenvalue weighted by Crippen LogP contribution is -2.31. The van der Waals surface area contributed by atoms with Gasteiger partial charge in [-0.1, -0.05) is 30.3 Å². The van der Waals surface area contributed by atoms with Gasteiger partial charge in [0.05, 0.1) is 13.2 Å². The Morgan fingerprint density at radius 2 is 1.72 bits per heavy atom. The summed E-state index contributed by atoms with van der Waals surface area (Å²) in [6, 6.07) is 14.0. The van der Waals surface area contributed by atoms with Crippen molar-refractivity contribution in [1.82, 2.24) is 4.90 Å². The Kier molecular flexibility index (Phi) is 7.26. The van der Waals surface area contributed by atoms with E-state index in [1.807, 2.05) is 31.2 Å². The summed E-state index contributed by atoms with van der Waals surface area (Å²) < 4.78 is 24.4. The van der Waals surface area contributed by atoms with Crippen molar-refractivity contribution < 1.29 is 18.7 Å². The maximum absolute atomic E-state index is 13.5. The Morgan fingerprint density at radius 3 is 2.44 bits per heavy atom. The van der Waals surface area contributed by atoms with Gasteiger partial charge in [0, 0.05) is 13.5 Å². The molecule has 0 N–H and O–H groups in total. The van der Waals surface area contributed by atoms with Crippen LogP contribution in [0.3, 0.4) is 0 Å². The molecule has 0 atom stereocenters. The quantitative estimate of drug-likeness (QED) is 0.696. The first kappa shape index (κ1) is 18.8. The van der Waals surface area contributed by atoms with Crippen molar-refractivity contribution in [2.45, 2.75) is 19.8 Å². The fourth-order valence-electron chi connectivity index (χ4n) is 2.42. The van der Waals surface area contributed by atoms with Crippen molar-refractivity contribution in [3.63, 3.8) is 0 Å². The number of likely N-dealkylation sites (N-methyl/N-ethyl adjacent to an activating group) is 1. The highest BCUT2D eigenvalue weighted by atomic mass is 19.1. The van der Waals surface area contributed by atoms with E-state index >= 15 is 0 Å². The minimum atomic E-state index is -0.399. The fourth-order valence-corrected chi connectivity index (χ4v) is 2.42. The molecule has 0 unspecified atom stereocenters. The molecule has 0 radical (unpaired) electrons. The number of carbonyl (C=O) groups is 1. The Morgan fingerprint density at radius 1 is 1.04 bits per heavy atom. The van der Waals surface area contributed by atoms with E-state index in [2.05, 4.69) is 0 Å². The van der Waals surface area contributed by atoms with Gasteiger partial charge in [-0.15, -0.1) is 0 Å². The van der Waals surface area contributed by atoms with Crippen LogP contribution in [0.4, 0.5) is 4.39 Å². The van der Waals surface area contributed by atoms with Crippen LogP contribution >= 0.6 is 0 Å². The van der Waals surface area contributed by atoms with Gasteiger partial charge in [-0.3, -0.25) is 4.79 Å². The molecule has 0 fully saturated rings. The number of benzene rings is 2. The molecule has 0 saturated carbocycles. The van der Waals surface area contributed by atoms with Crippen LogP contribution < -0.4 is 9.47 Å². The Hall–Kier alpha value is -2.56. The molecule has 0 aliphatic rings. The smallest absolute Gasteiger partial charge is 0.222 e. The monoisotopic (exact) mass is 345 g/mol. The zero-order chi connectivity index (χ0) is 18.1. The first-order chi connectivity index (χ1) is 12.1. The van der Waals surface area contributed by atoms with Crippen LogP contribution in [0, 0.1) is 5.82 Å². The van der Waals surface area contributed by atoms with Crippen molar-refractivity contribution in [3.8, 4) is 11.5 Å². The van der Waals surface area contributed by atoms with Gasteiger partial charge in [-0.25, -0.2) is 4.39 Å². The van der Waals surface area contributed by atoms with Gasteiger partial charge in [0.15, 0.2) is 11.6 Å². The van der Waals surface area contributed by atoms with Crippen LogP contribution in [0.5, 0.6) is 11.5 Å². The van der Waals surface area contributed by atoms with Crippen molar-refractivity contribution in [1.29, 1.82) is 0 Å². The number of carbonyl (C=O) groups excluding carboxylic acids is 1. The summed E-state index contributed by atoms with van der Waals surface area (Å²) in [7, 11) is 1.72. The molecule has 134 valence electrons. The predicted octanol–water partition coefficient (Wildman–Crippen LogP) is 3.69. The third-order valence-corrected chi connectivity index (χ3v) is 3.83. The van der Waals surface area contributed by atoms with Gasteiger partial charge >= 0.3 is 0 Å². The van der Waals surface area contributed by atoms with E-state index in [0.29, 0.717) is 26.0 Å². The molecule has 0 spiro atoms. The first-order valence-electron chi connectivity index (χ1n) is 8.43. The van der Waals surface area contributed by atoms with Gasteiger partial charge in [-0.2, -0.15) is 0 Å². The maximum Gasteiger partial charge on any atom is 0.222 e. The molecule has 2 aromatic rings. The third-order valence-electron chi connectivity index (χ3n) is 3.83. The van der Waals surface area contributed by atoms with E-state index in [1.165, 1.54) is 6.07 Å². The number of para-hydroxylation sites is 2. The molecule has 0 aliphatic heterocycles. The maximum atomic E-state index is 13.5. The van der Waals surface area contributed by atoms with E-state index < -0.39 is 5.82 Å². The van der Waals surface area contributed by atoms with Gasteiger partial charge in [0.2, 0.25) is 5.91 Å². The Balaban J connectivity index is 1.78. The lowest BCUT2D eigenvalue weighted by atomic mass is 10.1. The van der Waals surface area contributed by atoms with Crippen LogP contribution in [0.15, 0.2) is 48.5 Å². The second-order valence-electron chi connectivity index (χ2n) is 5.63. The number of ether oxygens (including phenoxy) is 2. The SMILES string of the molecule is CCOc1ccccc1CCC(=O)N(C)CCOc1ccccc1F. The van der Waals surface area contributed by atoms with Crippen LogP contribution in [0.2, 0.25) is 0 Å². The number of halogens is 1. The Bertz CT molecular complexity index is 690. The van der Waals surface area contributed by atoms with E-state index in [0.717, 1.165) is 11.3 Å². The zero-order valence-corrected chi connectivity index (χ0v) is 14.7. The summed E-state index contributed by atoms with van der Waals surface area (Å²) in [5.41, 5.74) is 1.02. The standard InChI is InChI=1S/C20H24FNO3/c1-3-24-18-10-6-4-8-16(18)12-13-20(23)22(2)14-15-25-19-11-7-5-9-17(19)21/h4-11H,3,12-15H2,1-2H3. The molecule has 0 aliphatic carbocycles. The molecule has 5 heteroatoms. The van der Waals surface area contributed by atoms with E-state index in [1.54, 1.807) is 30.1 Å². The number of aryl methyl sites for hydroxylation is 1. The highest BCUT2D eigenvalue weighted by Crippen LogP contribution is 2.20. The second kappa shape index (κ2) is 9.67. The highest BCUT2D eigenvalue weighted by molar-refractivity contribution is 5.76. The molecule has 2 rings (SSSR count). The summed E-state index contributed by atoms with van der Waals surface area (Å²) in [4.78, 5) is 13.9. The number of hydrogen-bond donors (Lipinski definition) is 0. The topological polar surface area (TPSA) is 38.8 Å². The summed E-state index contributed by atoms with van der Waals surface area (Å²) in [6.07, 6.45) is 1.01. The van der Waals surface area contributed by atoms with Crippen LogP contribution in [0.1, 0.15) is 18.9 Å². The molecule has 1 amide bonds. The third kappa shape index (κ3) is 5.78. The van der Waals surface area contributed by atoms with Crippen LogP contribution in [0.25, 0.3) is 0 Å². The van der Waals surface area contributed by atoms with Crippen molar-refractivity contribution in [2.24, 2.45) is 0 Å². The van der Waals surface area contributed by atoms with Crippen molar-refractivity contribution in [3.05, 3.63) is 59.9 Å². The number of hydrogen-bond acceptors (Lipinski definition) is 3. The summed E-state index contributed by atoms with van der Waals surface area (Å²) in [5.74, 6) is 0.643. The number of amides is 1. The van der Waals surface area contributed by atoms with Crippen LogP contribution in [-0.4, -0.2) is 37.6 Å².